The van der Waals surface area contributed by atoms with E-state index in [4.69, 9.17) is 0 Å². The first-order valence-corrected chi connectivity index (χ1v) is 6.70. The van der Waals surface area contributed by atoms with Gasteiger partial charge in [-0.25, -0.2) is 0 Å². The number of rotatable bonds is 6. The highest BCUT2D eigenvalue weighted by Gasteiger charge is 2.51. The number of aliphatic carboxylic acids is 1. The highest BCUT2D eigenvalue weighted by Crippen LogP contribution is 2.40. The fraction of sp³-hybridized carbons (Fsp3) is 0.533. The third-order valence-corrected chi connectivity index (χ3v) is 4.12. The first-order valence-electron chi connectivity index (χ1n) is 6.70. The van der Waals surface area contributed by atoms with E-state index in [1.807, 2.05) is 43.1 Å². The highest BCUT2D eigenvalue weighted by atomic mass is 16.4. The van der Waals surface area contributed by atoms with Gasteiger partial charge in [-0.1, -0.05) is 18.2 Å². The predicted molar refractivity (Wildman–Crippen MR) is 76.6 cm³/mol. The molecule has 1 unspecified atom stereocenters. The smallest absolute Gasteiger partial charge is 0.326 e. The van der Waals surface area contributed by atoms with Crippen molar-refractivity contribution in [2.75, 3.05) is 25.5 Å². The summed E-state index contributed by atoms with van der Waals surface area (Å²) in [6.07, 6.45) is 1.99. The molecule has 19 heavy (non-hydrogen) atoms. The zero-order chi connectivity index (χ0) is 14.0. The van der Waals surface area contributed by atoms with Crippen LogP contribution in [0.2, 0.25) is 0 Å². The average Bonchev–Trinajstić information content (AvgIpc) is 3.20. The fourth-order valence-electron chi connectivity index (χ4n) is 2.79. The third kappa shape index (κ3) is 2.59. The monoisotopic (exact) mass is 262 g/mol. The van der Waals surface area contributed by atoms with Crippen molar-refractivity contribution in [2.45, 2.75) is 25.3 Å². The van der Waals surface area contributed by atoms with Crippen molar-refractivity contribution in [1.82, 2.24) is 5.32 Å². The number of nitrogens with one attached hydrogen (secondary N) is 1. The summed E-state index contributed by atoms with van der Waals surface area (Å²) in [5.74, 6) is -0.514. The largest absolute Gasteiger partial charge is 0.480 e. The Labute approximate surface area is 114 Å². The van der Waals surface area contributed by atoms with Crippen molar-refractivity contribution in [3.05, 3.63) is 29.8 Å². The maximum absolute atomic E-state index is 11.7. The van der Waals surface area contributed by atoms with Crippen LogP contribution in [0.25, 0.3) is 0 Å². The van der Waals surface area contributed by atoms with Crippen LogP contribution in [0.15, 0.2) is 24.3 Å². The molecule has 0 radical (unpaired) electrons. The van der Waals surface area contributed by atoms with Crippen LogP contribution in [0.3, 0.4) is 0 Å². The number of likely N-dealkylation sites (N-methyl/N-ethyl adjacent to an activating group) is 2. The molecule has 0 aromatic heterocycles. The van der Waals surface area contributed by atoms with Gasteiger partial charge in [0.05, 0.1) is 0 Å². The maximum atomic E-state index is 11.7. The molecule has 0 bridgehead atoms. The van der Waals surface area contributed by atoms with Crippen molar-refractivity contribution >= 4 is 11.7 Å². The molecule has 4 nitrogen and oxygen atoms in total. The molecule has 1 aliphatic rings. The van der Waals surface area contributed by atoms with Gasteiger partial charge in [0.25, 0.3) is 0 Å². The van der Waals surface area contributed by atoms with Crippen LogP contribution in [0.4, 0.5) is 5.69 Å². The molecule has 2 N–H and O–H groups in total. The molecule has 1 aromatic carbocycles. The van der Waals surface area contributed by atoms with Crippen molar-refractivity contribution in [3.63, 3.8) is 0 Å². The molecular formula is C15H22N2O2. The van der Waals surface area contributed by atoms with Crippen LogP contribution in [0, 0.1) is 12.8 Å². The van der Waals surface area contributed by atoms with Gasteiger partial charge in [0.2, 0.25) is 0 Å². The minimum absolute atomic E-state index is 0.237. The Balaban J connectivity index is 2.22. The Kier molecular flexibility index (Phi) is 3.80. The number of anilines is 1. The van der Waals surface area contributed by atoms with Crippen LogP contribution >= 0.6 is 0 Å². The van der Waals surface area contributed by atoms with Crippen molar-refractivity contribution in [2.24, 2.45) is 5.92 Å². The Morgan fingerprint density at radius 3 is 2.58 bits per heavy atom. The molecule has 0 amide bonds. The Morgan fingerprint density at radius 2 is 2.11 bits per heavy atom. The molecular weight excluding hydrogens is 240 g/mol. The molecule has 0 heterocycles. The lowest BCUT2D eigenvalue weighted by atomic mass is 9.92. The molecule has 1 aliphatic carbocycles. The molecule has 0 aliphatic heterocycles. The van der Waals surface area contributed by atoms with Crippen molar-refractivity contribution < 1.29 is 9.90 Å². The molecule has 104 valence electrons. The predicted octanol–water partition coefficient (Wildman–Crippen LogP) is 1.88. The highest BCUT2D eigenvalue weighted by molar-refractivity contribution is 5.81. The van der Waals surface area contributed by atoms with Gasteiger partial charge >= 0.3 is 5.97 Å². The SMILES string of the molecule is CNC(CN(C)c1ccccc1C)(C(=O)O)C1CC1. The second-order valence-electron chi connectivity index (χ2n) is 5.44. The number of nitrogens with zero attached hydrogens (tertiary/aromatic N) is 1. The summed E-state index contributed by atoms with van der Waals surface area (Å²) in [6, 6.07) is 8.06. The number of hydrogen-bond acceptors (Lipinski definition) is 3. The molecule has 1 saturated carbocycles. The van der Waals surface area contributed by atoms with E-state index in [1.165, 1.54) is 0 Å². The number of para-hydroxylation sites is 1. The molecule has 0 saturated heterocycles. The maximum Gasteiger partial charge on any atom is 0.326 e. The number of hydrogen-bond donors (Lipinski definition) is 2. The lowest BCUT2D eigenvalue weighted by Crippen LogP contribution is -2.59. The Bertz CT molecular complexity index is 471. The van der Waals surface area contributed by atoms with E-state index in [-0.39, 0.29) is 5.92 Å². The van der Waals surface area contributed by atoms with Gasteiger partial charge in [-0.3, -0.25) is 4.79 Å². The summed E-state index contributed by atoms with van der Waals surface area (Å²) in [7, 11) is 3.71. The van der Waals surface area contributed by atoms with E-state index in [1.54, 1.807) is 7.05 Å². The van der Waals surface area contributed by atoms with Gasteiger partial charge in [-0.15, -0.1) is 0 Å². The molecule has 1 fully saturated rings. The normalized spacial score (nSPS) is 17.8. The zero-order valence-corrected chi connectivity index (χ0v) is 11.8. The Hall–Kier alpha value is -1.55. The number of carbonyl (C=O) groups is 1. The second kappa shape index (κ2) is 5.21. The molecule has 0 spiro atoms. The lowest BCUT2D eigenvalue weighted by Gasteiger charge is -2.35. The van der Waals surface area contributed by atoms with Crippen molar-refractivity contribution in [3.8, 4) is 0 Å². The van der Waals surface area contributed by atoms with Gasteiger partial charge in [-0.05, 0) is 44.4 Å². The average molecular weight is 262 g/mol. The summed E-state index contributed by atoms with van der Waals surface area (Å²) in [5, 5.41) is 12.7. The van der Waals surface area contributed by atoms with Crippen LogP contribution < -0.4 is 10.2 Å². The summed E-state index contributed by atoms with van der Waals surface area (Å²) < 4.78 is 0. The summed E-state index contributed by atoms with van der Waals surface area (Å²) >= 11 is 0. The van der Waals surface area contributed by atoms with Crippen LogP contribution in [-0.4, -0.2) is 37.3 Å². The summed E-state index contributed by atoms with van der Waals surface area (Å²) in [5.41, 5.74) is 1.41. The van der Waals surface area contributed by atoms with Gasteiger partial charge in [0, 0.05) is 19.3 Å². The topological polar surface area (TPSA) is 52.6 Å². The number of aryl methyl sites for hydroxylation is 1. The minimum atomic E-state index is -0.836. The quantitative estimate of drug-likeness (QED) is 0.822. The molecule has 1 atom stereocenters. The second-order valence-corrected chi connectivity index (χ2v) is 5.44. The van der Waals surface area contributed by atoms with E-state index < -0.39 is 11.5 Å². The summed E-state index contributed by atoms with van der Waals surface area (Å²) in [4.78, 5) is 13.7. The van der Waals surface area contributed by atoms with E-state index in [9.17, 15) is 9.90 Å². The number of carboxylic acid groups (broad SMARTS) is 1. The van der Waals surface area contributed by atoms with E-state index in [2.05, 4.69) is 5.32 Å². The van der Waals surface area contributed by atoms with Crippen LogP contribution in [-0.2, 0) is 4.79 Å². The molecule has 2 rings (SSSR count). The molecule has 4 heteroatoms. The third-order valence-electron chi connectivity index (χ3n) is 4.12. The minimum Gasteiger partial charge on any atom is -0.480 e. The molecule has 1 aromatic rings. The number of carboxylic acids is 1. The van der Waals surface area contributed by atoms with Crippen LogP contribution in [0.1, 0.15) is 18.4 Å². The first-order chi connectivity index (χ1) is 9.01. The van der Waals surface area contributed by atoms with E-state index >= 15 is 0 Å². The van der Waals surface area contributed by atoms with Gasteiger partial charge in [-0.2, -0.15) is 0 Å². The number of benzene rings is 1. The van der Waals surface area contributed by atoms with Crippen molar-refractivity contribution in [1.29, 1.82) is 0 Å². The fourth-order valence-corrected chi connectivity index (χ4v) is 2.79. The van der Waals surface area contributed by atoms with E-state index in [0.29, 0.717) is 6.54 Å². The van der Waals surface area contributed by atoms with E-state index in [0.717, 1.165) is 24.1 Å². The first kappa shape index (κ1) is 13.9. The Morgan fingerprint density at radius 1 is 1.47 bits per heavy atom. The van der Waals surface area contributed by atoms with Gasteiger partial charge in [0.1, 0.15) is 5.54 Å². The van der Waals surface area contributed by atoms with Crippen LogP contribution in [0.5, 0.6) is 0 Å². The lowest BCUT2D eigenvalue weighted by molar-refractivity contribution is -0.145. The van der Waals surface area contributed by atoms with Gasteiger partial charge < -0.3 is 15.3 Å². The standard InChI is InChI=1S/C15H22N2O2/c1-11-6-4-5-7-13(11)17(3)10-15(16-2,14(18)19)12-8-9-12/h4-7,12,16H,8-10H2,1-3H3,(H,18,19). The summed E-state index contributed by atoms with van der Waals surface area (Å²) in [6.45, 7) is 2.53. The zero-order valence-electron chi connectivity index (χ0n) is 11.8. The van der Waals surface area contributed by atoms with Gasteiger partial charge in [0.15, 0.2) is 0 Å².